The highest BCUT2D eigenvalue weighted by atomic mass is 32.1. The van der Waals surface area contributed by atoms with Crippen molar-refractivity contribution in [2.45, 2.75) is 78.1 Å². The van der Waals surface area contributed by atoms with Crippen LogP contribution in [-0.4, -0.2) is 81.5 Å². The fourth-order valence-corrected chi connectivity index (χ4v) is 7.22. The average Bonchev–Trinajstić information content (AvgIpc) is 3.83. The molecule has 3 atom stereocenters. The Hall–Kier alpha value is -5.26. The van der Waals surface area contributed by atoms with Gasteiger partial charge in [-0.25, -0.2) is 14.8 Å². The highest BCUT2D eigenvalue weighted by molar-refractivity contribution is 7.23. The molecule has 2 N–H and O–H groups in total. The van der Waals surface area contributed by atoms with Crippen LogP contribution in [0.25, 0.3) is 21.3 Å². The Bertz CT molecular complexity index is 1900. The summed E-state index contributed by atoms with van der Waals surface area (Å²) in [6, 6.07) is 13.2. The first-order valence-corrected chi connectivity index (χ1v) is 18.6. The van der Waals surface area contributed by atoms with Crippen molar-refractivity contribution < 1.29 is 28.7 Å². The lowest BCUT2D eigenvalue weighted by molar-refractivity contribution is -0.144. The van der Waals surface area contributed by atoms with E-state index in [1.165, 1.54) is 39.5 Å². The van der Waals surface area contributed by atoms with Crippen molar-refractivity contribution in [1.29, 1.82) is 0 Å². The number of carbonyl (C=O) groups is 4. The molecule has 3 heterocycles. The van der Waals surface area contributed by atoms with E-state index in [9.17, 15) is 19.2 Å². The SMILES string of the molecule is C.C#CCOc1ccc([C@H](NC(=O)[C@H](C)N(C)C(=O)OC(C)(C)C)C(=O)N2CCCC[C@H]2C(=O)Nc2sc(-c3nccs3)nc2-c2ccccc2)cc1. The molecule has 12 nitrogen and oxygen atoms in total. The molecule has 14 heteroatoms. The van der Waals surface area contributed by atoms with Crippen LogP contribution in [0.4, 0.5) is 9.80 Å². The first-order chi connectivity index (χ1) is 24.9. The third-order valence-electron chi connectivity index (χ3n) is 8.33. The third kappa shape index (κ3) is 10.2. The van der Waals surface area contributed by atoms with Crippen LogP contribution in [0.2, 0.25) is 0 Å². The normalized spacial score (nSPS) is 15.2. The lowest BCUT2D eigenvalue weighted by Crippen LogP contribution is -2.55. The number of benzene rings is 2. The highest BCUT2D eigenvalue weighted by Crippen LogP contribution is 2.39. The fraction of sp³-hybridized carbons (Fsp3) is 0.385. The summed E-state index contributed by atoms with van der Waals surface area (Å²) in [6.45, 7) is 7.12. The number of likely N-dealkylation sites (N-methyl/N-ethyl adjacent to an activating group) is 1. The fourth-order valence-electron chi connectivity index (χ4n) is 5.55. The number of anilines is 1. The van der Waals surface area contributed by atoms with Crippen LogP contribution < -0.4 is 15.4 Å². The number of hydrogen-bond donors (Lipinski definition) is 2. The van der Waals surface area contributed by atoms with E-state index in [0.29, 0.717) is 46.4 Å². The minimum Gasteiger partial charge on any atom is -0.481 e. The van der Waals surface area contributed by atoms with E-state index in [1.807, 2.05) is 35.7 Å². The van der Waals surface area contributed by atoms with E-state index in [1.54, 1.807) is 58.2 Å². The van der Waals surface area contributed by atoms with Gasteiger partial charge in [0.25, 0.3) is 0 Å². The Balaban J connectivity index is 0.00000627. The average molecular weight is 759 g/mol. The maximum atomic E-state index is 14.6. The third-order valence-corrected chi connectivity index (χ3v) is 10.2. The lowest BCUT2D eigenvalue weighted by Gasteiger charge is -2.37. The largest absolute Gasteiger partial charge is 0.481 e. The van der Waals surface area contributed by atoms with Gasteiger partial charge in [0, 0.05) is 30.7 Å². The Kier molecular flexibility index (Phi) is 13.7. The summed E-state index contributed by atoms with van der Waals surface area (Å²) in [5.74, 6) is 1.50. The van der Waals surface area contributed by atoms with Gasteiger partial charge >= 0.3 is 6.09 Å². The van der Waals surface area contributed by atoms with Crippen LogP contribution in [0.1, 0.15) is 66.0 Å². The van der Waals surface area contributed by atoms with Gasteiger partial charge < -0.3 is 25.0 Å². The Labute approximate surface area is 318 Å². The standard InChI is InChI=1S/C38H42N6O6S2.CH4/c1-7-22-49-27-18-16-26(17-19-27)30(40-31(45)24(2)43(6)37(48)50-38(3,4)5)36(47)44-21-12-11-15-28(44)32(46)42-33-29(25-13-9-8-10-14-25)41-35(52-33)34-39-20-23-51-34;/h1,8-10,13-14,16-20,23-24,28,30H,11-12,15,21-22H2,2-6H3,(H,40,45)(H,42,46);1H4/t24-,28-,30-;/m0./s1. The summed E-state index contributed by atoms with van der Waals surface area (Å²) in [7, 11) is 1.46. The van der Waals surface area contributed by atoms with E-state index in [-0.39, 0.29) is 19.9 Å². The number of hydrogen-bond acceptors (Lipinski definition) is 10. The highest BCUT2D eigenvalue weighted by Gasteiger charge is 2.38. The maximum absolute atomic E-state index is 14.6. The number of thiazole rings is 2. The molecular formula is C39H46N6O6S2. The Morgan fingerprint density at radius 1 is 1.08 bits per heavy atom. The molecule has 1 aliphatic rings. The number of rotatable bonds is 11. The molecule has 0 spiro atoms. The number of ether oxygens (including phenoxy) is 2. The molecule has 0 bridgehead atoms. The summed E-state index contributed by atoms with van der Waals surface area (Å²) >= 11 is 2.78. The first-order valence-electron chi connectivity index (χ1n) is 16.9. The minimum atomic E-state index is -1.18. The maximum Gasteiger partial charge on any atom is 0.410 e. The smallest absolute Gasteiger partial charge is 0.410 e. The molecule has 0 aliphatic carbocycles. The predicted molar refractivity (Wildman–Crippen MR) is 208 cm³/mol. The van der Waals surface area contributed by atoms with Crippen molar-refractivity contribution in [3.63, 3.8) is 0 Å². The van der Waals surface area contributed by atoms with E-state index in [2.05, 4.69) is 21.5 Å². The van der Waals surface area contributed by atoms with Crippen LogP contribution in [0, 0.1) is 12.3 Å². The van der Waals surface area contributed by atoms with E-state index < -0.39 is 41.6 Å². The minimum absolute atomic E-state index is 0. The molecule has 1 aliphatic heterocycles. The number of amides is 4. The molecular weight excluding hydrogens is 713 g/mol. The summed E-state index contributed by atoms with van der Waals surface area (Å²) in [5.41, 5.74) is 1.14. The second kappa shape index (κ2) is 18.0. The molecule has 4 amide bonds. The summed E-state index contributed by atoms with van der Waals surface area (Å²) in [4.78, 5) is 67.1. The monoisotopic (exact) mass is 758 g/mol. The van der Waals surface area contributed by atoms with Crippen molar-refractivity contribution in [1.82, 2.24) is 25.1 Å². The summed E-state index contributed by atoms with van der Waals surface area (Å²) in [5, 5.41) is 9.75. The van der Waals surface area contributed by atoms with Gasteiger partial charge in [-0.1, -0.05) is 67.1 Å². The van der Waals surface area contributed by atoms with Crippen molar-refractivity contribution >= 4 is 51.5 Å². The number of terminal acetylenes is 1. The van der Waals surface area contributed by atoms with Gasteiger partial charge in [0.2, 0.25) is 17.7 Å². The van der Waals surface area contributed by atoms with Gasteiger partial charge in [-0.3, -0.25) is 19.3 Å². The number of aromatic nitrogens is 2. The number of likely N-dealkylation sites (tertiary alicyclic amines) is 1. The topological polar surface area (TPSA) is 143 Å². The van der Waals surface area contributed by atoms with Crippen LogP contribution >= 0.6 is 22.7 Å². The molecule has 0 radical (unpaired) electrons. The number of nitrogens with one attached hydrogen (secondary N) is 2. The molecule has 2 aromatic carbocycles. The molecule has 0 saturated carbocycles. The van der Waals surface area contributed by atoms with E-state index >= 15 is 0 Å². The van der Waals surface area contributed by atoms with Crippen LogP contribution in [-0.2, 0) is 19.1 Å². The van der Waals surface area contributed by atoms with Gasteiger partial charge in [-0.15, -0.1) is 17.8 Å². The molecule has 1 saturated heterocycles. The second-order valence-corrected chi connectivity index (χ2v) is 15.1. The van der Waals surface area contributed by atoms with Crippen molar-refractivity contribution in [2.75, 3.05) is 25.5 Å². The van der Waals surface area contributed by atoms with Gasteiger partial charge in [-0.05, 0) is 64.7 Å². The Morgan fingerprint density at radius 3 is 2.43 bits per heavy atom. The van der Waals surface area contributed by atoms with E-state index in [0.717, 1.165) is 17.0 Å². The Morgan fingerprint density at radius 2 is 1.79 bits per heavy atom. The quantitative estimate of drug-likeness (QED) is 0.156. The zero-order valence-corrected chi connectivity index (χ0v) is 31.4. The van der Waals surface area contributed by atoms with Gasteiger partial charge in [0.1, 0.15) is 46.8 Å². The van der Waals surface area contributed by atoms with Crippen molar-refractivity contribution in [3.8, 4) is 39.4 Å². The zero-order valence-electron chi connectivity index (χ0n) is 29.8. The molecule has 4 aromatic rings. The number of piperidine rings is 1. The van der Waals surface area contributed by atoms with Gasteiger partial charge in [-0.2, -0.15) is 0 Å². The summed E-state index contributed by atoms with van der Waals surface area (Å²) < 4.78 is 11.0. The number of nitrogens with zero attached hydrogens (tertiary/aromatic N) is 4. The molecule has 280 valence electrons. The van der Waals surface area contributed by atoms with Crippen molar-refractivity contribution in [3.05, 3.63) is 71.7 Å². The zero-order chi connectivity index (χ0) is 37.4. The molecule has 53 heavy (non-hydrogen) atoms. The van der Waals surface area contributed by atoms with Crippen LogP contribution in [0.5, 0.6) is 5.75 Å². The van der Waals surface area contributed by atoms with Crippen LogP contribution in [0.3, 0.4) is 0 Å². The predicted octanol–water partition coefficient (Wildman–Crippen LogP) is 7.01. The first kappa shape index (κ1) is 40.5. The lowest BCUT2D eigenvalue weighted by atomic mass is 9.97. The van der Waals surface area contributed by atoms with Crippen LogP contribution in [0.15, 0.2) is 66.2 Å². The molecule has 2 aromatic heterocycles. The molecule has 0 unspecified atom stereocenters. The van der Waals surface area contributed by atoms with E-state index in [4.69, 9.17) is 20.9 Å². The van der Waals surface area contributed by atoms with Gasteiger partial charge in [0.15, 0.2) is 10.0 Å². The molecule has 5 rings (SSSR count). The summed E-state index contributed by atoms with van der Waals surface area (Å²) in [6.07, 6.45) is 8.19. The second-order valence-electron chi connectivity index (χ2n) is 13.2. The molecule has 1 fully saturated rings. The van der Waals surface area contributed by atoms with Crippen molar-refractivity contribution in [2.24, 2.45) is 0 Å². The number of carbonyl (C=O) groups excluding carboxylic acids is 4. The van der Waals surface area contributed by atoms with Gasteiger partial charge in [0.05, 0.1) is 0 Å².